The second-order valence-electron chi connectivity index (χ2n) is 6.03. The molecule has 0 bridgehead atoms. The Hall–Kier alpha value is -2.34. The third-order valence-electron chi connectivity index (χ3n) is 4.60. The molecule has 3 rings (SSSR count). The molecule has 2 heterocycles. The molecule has 1 aromatic carbocycles. The number of hydrogen-bond donors (Lipinski definition) is 0. The summed E-state index contributed by atoms with van der Waals surface area (Å²) in [6.45, 7) is 5.60. The predicted octanol–water partition coefficient (Wildman–Crippen LogP) is 2.26. The molecule has 0 unspecified atom stereocenters. The Kier molecular flexibility index (Phi) is 4.57. The van der Waals surface area contributed by atoms with Gasteiger partial charge in [0, 0.05) is 30.4 Å². The quantitative estimate of drug-likeness (QED) is 0.867. The van der Waals surface area contributed by atoms with Crippen LogP contribution in [0.15, 0.2) is 24.3 Å². The zero-order valence-electron chi connectivity index (χ0n) is 14.6. The van der Waals surface area contributed by atoms with Crippen molar-refractivity contribution in [2.75, 3.05) is 26.9 Å². The summed E-state index contributed by atoms with van der Waals surface area (Å²) in [6.07, 6.45) is 0. The maximum Gasteiger partial charge on any atom is 0.254 e. The third kappa shape index (κ3) is 2.89. The number of hydrogen-bond acceptors (Lipinski definition) is 4. The molecule has 0 N–H and O–H groups in total. The summed E-state index contributed by atoms with van der Waals surface area (Å²) in [4.78, 5) is 15.0. The number of carbonyl (C=O) groups excluding carboxylic acids is 1. The summed E-state index contributed by atoms with van der Waals surface area (Å²) >= 11 is 0. The average molecular weight is 329 g/mol. The SMILES string of the molecule is COc1cccc(C(=O)N2CCOC[C@H]2c2c(C)nn(C)c2C)c1. The lowest BCUT2D eigenvalue weighted by molar-refractivity contribution is -0.00306. The van der Waals surface area contributed by atoms with Crippen molar-refractivity contribution < 1.29 is 14.3 Å². The van der Waals surface area contributed by atoms with Gasteiger partial charge in [0.1, 0.15) is 5.75 Å². The number of carbonyl (C=O) groups is 1. The lowest BCUT2D eigenvalue weighted by atomic mass is 10.0. The molecular weight excluding hydrogens is 306 g/mol. The van der Waals surface area contributed by atoms with Crippen LogP contribution in [0.2, 0.25) is 0 Å². The number of nitrogens with zero attached hydrogens (tertiary/aromatic N) is 3. The molecule has 1 saturated heterocycles. The number of methoxy groups -OCH3 is 1. The molecule has 24 heavy (non-hydrogen) atoms. The molecule has 0 radical (unpaired) electrons. The lowest BCUT2D eigenvalue weighted by Gasteiger charge is -2.36. The number of aryl methyl sites for hydroxylation is 2. The van der Waals surface area contributed by atoms with Crippen LogP contribution >= 0.6 is 0 Å². The van der Waals surface area contributed by atoms with Crippen LogP contribution in [-0.2, 0) is 11.8 Å². The Bertz CT molecular complexity index is 754. The van der Waals surface area contributed by atoms with Crippen molar-refractivity contribution in [1.82, 2.24) is 14.7 Å². The highest BCUT2D eigenvalue weighted by atomic mass is 16.5. The van der Waals surface area contributed by atoms with Crippen LogP contribution in [0.3, 0.4) is 0 Å². The molecule has 1 aromatic heterocycles. The van der Waals surface area contributed by atoms with Gasteiger partial charge >= 0.3 is 0 Å². The molecule has 1 atom stereocenters. The van der Waals surface area contributed by atoms with Gasteiger partial charge in [-0.25, -0.2) is 0 Å². The van der Waals surface area contributed by atoms with Gasteiger partial charge in [0.15, 0.2) is 0 Å². The van der Waals surface area contributed by atoms with Gasteiger partial charge < -0.3 is 14.4 Å². The van der Waals surface area contributed by atoms with Crippen LogP contribution in [0.1, 0.15) is 33.4 Å². The fourth-order valence-electron chi connectivity index (χ4n) is 3.28. The number of benzene rings is 1. The molecule has 6 heteroatoms. The first-order valence-corrected chi connectivity index (χ1v) is 8.05. The highest BCUT2D eigenvalue weighted by Gasteiger charge is 2.33. The monoisotopic (exact) mass is 329 g/mol. The first kappa shape index (κ1) is 16.5. The minimum absolute atomic E-state index is 0.00940. The van der Waals surface area contributed by atoms with Crippen LogP contribution in [0.4, 0.5) is 0 Å². The Labute approximate surface area is 142 Å². The van der Waals surface area contributed by atoms with Crippen LogP contribution in [0, 0.1) is 13.8 Å². The van der Waals surface area contributed by atoms with Gasteiger partial charge in [-0.2, -0.15) is 5.10 Å². The van der Waals surface area contributed by atoms with Crippen LogP contribution in [-0.4, -0.2) is 47.5 Å². The van der Waals surface area contributed by atoms with E-state index in [9.17, 15) is 4.79 Å². The van der Waals surface area contributed by atoms with Crippen molar-refractivity contribution in [3.05, 3.63) is 46.8 Å². The Morgan fingerprint density at radius 3 is 2.83 bits per heavy atom. The fraction of sp³-hybridized carbons (Fsp3) is 0.444. The average Bonchev–Trinajstić information content (AvgIpc) is 2.86. The standard InChI is InChI=1S/C18H23N3O3/c1-12-17(13(2)20(3)19-12)16-11-24-9-8-21(16)18(22)14-6-5-7-15(10-14)23-4/h5-7,10,16H,8-9,11H2,1-4H3/t16-/m0/s1. The minimum Gasteiger partial charge on any atom is -0.497 e. The van der Waals surface area contributed by atoms with Crippen molar-refractivity contribution in [3.63, 3.8) is 0 Å². The first-order chi connectivity index (χ1) is 11.5. The van der Waals surface area contributed by atoms with Gasteiger partial charge in [0.25, 0.3) is 5.91 Å². The highest BCUT2D eigenvalue weighted by molar-refractivity contribution is 5.95. The Balaban J connectivity index is 1.96. The van der Waals surface area contributed by atoms with E-state index in [1.54, 1.807) is 13.2 Å². The first-order valence-electron chi connectivity index (χ1n) is 8.05. The van der Waals surface area contributed by atoms with Gasteiger partial charge in [-0.1, -0.05) is 6.07 Å². The Morgan fingerprint density at radius 1 is 1.38 bits per heavy atom. The predicted molar refractivity (Wildman–Crippen MR) is 90.3 cm³/mol. The molecular formula is C18H23N3O3. The maximum absolute atomic E-state index is 13.1. The van der Waals surface area contributed by atoms with Crippen molar-refractivity contribution >= 4 is 5.91 Å². The molecule has 2 aromatic rings. The summed E-state index contributed by atoms with van der Waals surface area (Å²) in [5.74, 6) is 0.671. The number of aromatic nitrogens is 2. The molecule has 6 nitrogen and oxygen atoms in total. The summed E-state index contributed by atoms with van der Waals surface area (Å²) in [7, 11) is 3.52. The molecule has 0 saturated carbocycles. The fourth-order valence-corrected chi connectivity index (χ4v) is 3.28. The minimum atomic E-state index is -0.119. The molecule has 1 fully saturated rings. The zero-order chi connectivity index (χ0) is 17.3. The topological polar surface area (TPSA) is 56.6 Å². The van der Waals surface area contributed by atoms with E-state index in [1.807, 2.05) is 48.7 Å². The summed E-state index contributed by atoms with van der Waals surface area (Å²) in [6, 6.07) is 7.15. The van der Waals surface area contributed by atoms with Crippen molar-refractivity contribution in [3.8, 4) is 5.75 Å². The van der Waals surface area contributed by atoms with E-state index in [0.29, 0.717) is 31.1 Å². The van der Waals surface area contributed by atoms with Gasteiger partial charge in [0.05, 0.1) is 32.1 Å². The Morgan fingerprint density at radius 2 is 2.17 bits per heavy atom. The molecule has 1 aliphatic rings. The summed E-state index contributed by atoms with van der Waals surface area (Å²) in [5.41, 5.74) is 3.70. The summed E-state index contributed by atoms with van der Waals surface area (Å²) < 4.78 is 12.8. The summed E-state index contributed by atoms with van der Waals surface area (Å²) in [5, 5.41) is 4.48. The van der Waals surface area contributed by atoms with E-state index in [0.717, 1.165) is 17.0 Å². The van der Waals surface area contributed by atoms with E-state index >= 15 is 0 Å². The second kappa shape index (κ2) is 6.65. The molecule has 1 aliphatic heterocycles. The van der Waals surface area contributed by atoms with Crippen LogP contribution < -0.4 is 4.74 Å². The van der Waals surface area contributed by atoms with E-state index in [1.165, 1.54) is 0 Å². The van der Waals surface area contributed by atoms with Gasteiger partial charge in [-0.3, -0.25) is 9.48 Å². The van der Waals surface area contributed by atoms with Crippen molar-refractivity contribution in [1.29, 1.82) is 0 Å². The van der Waals surface area contributed by atoms with E-state index in [-0.39, 0.29) is 11.9 Å². The van der Waals surface area contributed by atoms with Gasteiger partial charge in [0.2, 0.25) is 0 Å². The molecule has 0 aliphatic carbocycles. The van der Waals surface area contributed by atoms with E-state index in [4.69, 9.17) is 9.47 Å². The second-order valence-corrected chi connectivity index (χ2v) is 6.03. The number of rotatable bonds is 3. The van der Waals surface area contributed by atoms with Gasteiger partial charge in [-0.05, 0) is 32.0 Å². The van der Waals surface area contributed by atoms with Crippen LogP contribution in [0.25, 0.3) is 0 Å². The zero-order valence-corrected chi connectivity index (χ0v) is 14.6. The largest absolute Gasteiger partial charge is 0.497 e. The normalized spacial score (nSPS) is 17.8. The van der Waals surface area contributed by atoms with Crippen molar-refractivity contribution in [2.24, 2.45) is 7.05 Å². The van der Waals surface area contributed by atoms with Gasteiger partial charge in [-0.15, -0.1) is 0 Å². The van der Waals surface area contributed by atoms with E-state index in [2.05, 4.69) is 5.10 Å². The molecule has 128 valence electrons. The van der Waals surface area contributed by atoms with E-state index < -0.39 is 0 Å². The van der Waals surface area contributed by atoms with Crippen LogP contribution in [0.5, 0.6) is 5.75 Å². The number of morpholine rings is 1. The third-order valence-corrected chi connectivity index (χ3v) is 4.60. The number of amides is 1. The lowest BCUT2D eigenvalue weighted by Crippen LogP contribution is -2.43. The molecule has 0 spiro atoms. The molecule has 1 amide bonds. The number of ether oxygens (including phenoxy) is 2. The van der Waals surface area contributed by atoms with Crippen molar-refractivity contribution in [2.45, 2.75) is 19.9 Å². The maximum atomic E-state index is 13.1. The highest BCUT2D eigenvalue weighted by Crippen LogP contribution is 2.30. The smallest absolute Gasteiger partial charge is 0.254 e.